The van der Waals surface area contributed by atoms with Crippen molar-refractivity contribution in [1.29, 1.82) is 5.26 Å². The number of Topliss-reactive ketones (excluding diaryl/α,β-unsaturated/α-hetero) is 1. The second-order valence-electron chi connectivity index (χ2n) is 11.3. The van der Waals surface area contributed by atoms with Gasteiger partial charge < -0.3 is 11.1 Å². The number of carbonyl (C=O) groups excluding carboxylic acids is 2. The molecule has 4 rings (SSSR count). The van der Waals surface area contributed by atoms with Crippen LogP contribution in [0.5, 0.6) is 0 Å². The fraction of sp³-hybridized carbons (Fsp3) is 0.400. The van der Waals surface area contributed by atoms with E-state index in [0.717, 1.165) is 73.6 Å². The van der Waals surface area contributed by atoms with Crippen LogP contribution in [0.4, 0.5) is 4.39 Å². The van der Waals surface area contributed by atoms with E-state index >= 15 is 0 Å². The molecular formula is C35H40FN3O2. The Morgan fingerprint density at radius 2 is 1.78 bits per heavy atom. The Morgan fingerprint density at radius 3 is 2.59 bits per heavy atom. The first-order chi connectivity index (χ1) is 20.0. The second kappa shape index (κ2) is 15.3. The molecular weight excluding hydrogens is 513 g/mol. The third-order valence-electron chi connectivity index (χ3n) is 8.26. The molecule has 1 fully saturated rings. The maximum Gasteiger partial charge on any atom is 0.251 e. The highest BCUT2D eigenvalue weighted by atomic mass is 19.1. The van der Waals surface area contributed by atoms with Gasteiger partial charge in [0.25, 0.3) is 5.91 Å². The number of hydrogen-bond donors (Lipinski definition) is 2. The van der Waals surface area contributed by atoms with E-state index in [4.69, 9.17) is 5.73 Å². The zero-order valence-electron chi connectivity index (χ0n) is 23.7. The lowest BCUT2D eigenvalue weighted by atomic mass is 9.79. The second-order valence-corrected chi connectivity index (χ2v) is 11.3. The van der Waals surface area contributed by atoms with E-state index in [2.05, 4.69) is 11.4 Å². The Hall–Kier alpha value is -3.82. The van der Waals surface area contributed by atoms with Crippen LogP contribution in [-0.2, 0) is 17.6 Å². The van der Waals surface area contributed by atoms with Crippen molar-refractivity contribution in [1.82, 2.24) is 5.32 Å². The van der Waals surface area contributed by atoms with Crippen molar-refractivity contribution in [2.45, 2.75) is 64.2 Å². The van der Waals surface area contributed by atoms with E-state index in [1.807, 2.05) is 42.5 Å². The summed E-state index contributed by atoms with van der Waals surface area (Å²) in [5, 5.41) is 12.8. The average Bonchev–Trinajstić information content (AvgIpc) is 3.01. The van der Waals surface area contributed by atoms with E-state index in [1.54, 1.807) is 18.2 Å². The van der Waals surface area contributed by atoms with E-state index in [9.17, 15) is 19.2 Å². The van der Waals surface area contributed by atoms with Crippen molar-refractivity contribution in [2.75, 3.05) is 13.1 Å². The van der Waals surface area contributed by atoms with Crippen molar-refractivity contribution in [2.24, 2.45) is 17.6 Å². The van der Waals surface area contributed by atoms with E-state index in [0.29, 0.717) is 42.3 Å². The molecule has 1 saturated carbocycles. The summed E-state index contributed by atoms with van der Waals surface area (Å²) >= 11 is 0. The van der Waals surface area contributed by atoms with E-state index in [1.165, 1.54) is 6.07 Å². The van der Waals surface area contributed by atoms with Gasteiger partial charge in [-0.25, -0.2) is 4.39 Å². The van der Waals surface area contributed by atoms with E-state index in [-0.39, 0.29) is 24.1 Å². The number of nitriles is 1. The highest BCUT2D eigenvalue weighted by Crippen LogP contribution is 2.32. The lowest BCUT2D eigenvalue weighted by molar-refractivity contribution is -0.118. The Labute approximate surface area is 243 Å². The van der Waals surface area contributed by atoms with Gasteiger partial charge in [-0.15, -0.1) is 0 Å². The Morgan fingerprint density at radius 1 is 0.976 bits per heavy atom. The number of carbonyl (C=O) groups is 2. The zero-order valence-corrected chi connectivity index (χ0v) is 23.7. The minimum Gasteiger partial charge on any atom is -0.352 e. The highest BCUT2D eigenvalue weighted by Gasteiger charge is 2.23. The number of benzene rings is 3. The molecule has 3 aromatic rings. The van der Waals surface area contributed by atoms with Crippen LogP contribution in [0.15, 0.2) is 66.7 Å². The van der Waals surface area contributed by atoms with Gasteiger partial charge >= 0.3 is 0 Å². The molecule has 41 heavy (non-hydrogen) atoms. The predicted molar refractivity (Wildman–Crippen MR) is 161 cm³/mol. The third kappa shape index (κ3) is 8.83. The number of halogens is 1. The summed E-state index contributed by atoms with van der Waals surface area (Å²) < 4.78 is 13.6. The lowest BCUT2D eigenvalue weighted by Crippen LogP contribution is -2.32. The van der Waals surface area contributed by atoms with Crippen LogP contribution in [0.2, 0.25) is 0 Å². The monoisotopic (exact) mass is 553 g/mol. The van der Waals surface area contributed by atoms with Crippen molar-refractivity contribution >= 4 is 11.7 Å². The first-order valence-electron chi connectivity index (χ1n) is 14.8. The molecule has 1 aliphatic carbocycles. The van der Waals surface area contributed by atoms with Crippen molar-refractivity contribution in [3.8, 4) is 17.2 Å². The number of ketones is 1. The van der Waals surface area contributed by atoms with Crippen LogP contribution in [0.3, 0.4) is 0 Å². The maximum atomic E-state index is 13.6. The van der Waals surface area contributed by atoms with Crippen LogP contribution in [0, 0.1) is 29.0 Å². The van der Waals surface area contributed by atoms with Crippen LogP contribution >= 0.6 is 0 Å². The molecule has 5 nitrogen and oxygen atoms in total. The molecule has 2 unspecified atom stereocenters. The van der Waals surface area contributed by atoms with Crippen molar-refractivity contribution in [3.05, 3.63) is 94.8 Å². The van der Waals surface area contributed by atoms with Crippen molar-refractivity contribution in [3.63, 3.8) is 0 Å². The molecule has 2 atom stereocenters. The van der Waals surface area contributed by atoms with Crippen LogP contribution in [0.25, 0.3) is 11.1 Å². The number of unbranched alkanes of at least 4 members (excludes halogenated alkanes) is 1. The summed E-state index contributed by atoms with van der Waals surface area (Å²) in [6.45, 7) is 0.735. The van der Waals surface area contributed by atoms with E-state index < -0.39 is 0 Å². The molecule has 6 heteroatoms. The molecule has 0 aliphatic heterocycles. The first kappa shape index (κ1) is 30.1. The topological polar surface area (TPSA) is 96.0 Å². The number of hydrogen-bond acceptors (Lipinski definition) is 4. The minimum atomic E-state index is -0.223. The summed E-state index contributed by atoms with van der Waals surface area (Å²) in [5.41, 5.74) is 10.4. The molecule has 1 amide bonds. The molecule has 0 spiro atoms. The fourth-order valence-corrected chi connectivity index (χ4v) is 6.01. The summed E-state index contributed by atoms with van der Waals surface area (Å²) in [4.78, 5) is 25.1. The molecule has 214 valence electrons. The van der Waals surface area contributed by atoms with Crippen molar-refractivity contribution < 1.29 is 14.0 Å². The Kier molecular flexibility index (Phi) is 11.2. The van der Waals surface area contributed by atoms with Gasteiger partial charge in [-0.1, -0.05) is 55.3 Å². The minimum absolute atomic E-state index is 0.0781. The quantitative estimate of drug-likeness (QED) is 0.228. The Bertz CT molecular complexity index is 1380. The predicted octanol–water partition coefficient (Wildman–Crippen LogP) is 6.77. The summed E-state index contributed by atoms with van der Waals surface area (Å²) in [6, 6.07) is 22.3. The van der Waals surface area contributed by atoms with Crippen LogP contribution in [-0.4, -0.2) is 24.8 Å². The van der Waals surface area contributed by atoms with Gasteiger partial charge in [0, 0.05) is 18.5 Å². The number of nitrogens with two attached hydrogens (primary N) is 1. The smallest absolute Gasteiger partial charge is 0.251 e. The normalized spacial score (nSPS) is 16.6. The number of nitrogens with zero attached hydrogens (tertiary/aromatic N) is 1. The van der Waals surface area contributed by atoms with Gasteiger partial charge in [0.1, 0.15) is 11.6 Å². The van der Waals surface area contributed by atoms with Gasteiger partial charge in [-0.05, 0) is 103 Å². The first-order valence-corrected chi connectivity index (χ1v) is 14.8. The number of rotatable bonds is 13. The van der Waals surface area contributed by atoms with Gasteiger partial charge in [0.05, 0.1) is 18.2 Å². The van der Waals surface area contributed by atoms with Gasteiger partial charge in [-0.3, -0.25) is 9.59 Å². The van der Waals surface area contributed by atoms with Crippen LogP contribution in [0.1, 0.15) is 78.4 Å². The fourth-order valence-electron chi connectivity index (χ4n) is 6.01. The summed E-state index contributed by atoms with van der Waals surface area (Å²) in [6.07, 6.45) is 8.99. The van der Waals surface area contributed by atoms with Crippen LogP contribution < -0.4 is 11.1 Å². The van der Waals surface area contributed by atoms with Gasteiger partial charge in [0.15, 0.2) is 0 Å². The highest BCUT2D eigenvalue weighted by molar-refractivity contribution is 5.96. The molecule has 0 aromatic heterocycles. The molecule has 0 radical (unpaired) electrons. The molecule has 3 aromatic carbocycles. The zero-order chi connectivity index (χ0) is 29.0. The standard InChI is InChI=1S/C35H40FN3O2/c36-31-13-6-9-25(20-31)7-1-2-11-28-21-29(33-14-4-3-12-30(33)22-37)16-18-34(28)35(41)39-24-27-10-5-8-26(19-27)15-17-32(40)23-38/h3-4,6,9,12-14,16,18,20-21,26-27H,1-2,5,7-8,10-11,15,17,19,23-24,38H2,(H,39,41). The molecule has 0 heterocycles. The molecule has 0 bridgehead atoms. The molecule has 1 aliphatic rings. The number of nitrogens with one attached hydrogen (secondary N) is 1. The molecule has 0 saturated heterocycles. The third-order valence-corrected chi connectivity index (χ3v) is 8.26. The average molecular weight is 554 g/mol. The lowest BCUT2D eigenvalue weighted by Gasteiger charge is -2.29. The summed E-state index contributed by atoms with van der Waals surface area (Å²) in [5.74, 6) is 0.727. The summed E-state index contributed by atoms with van der Waals surface area (Å²) in [7, 11) is 0. The largest absolute Gasteiger partial charge is 0.352 e. The molecule has 3 N–H and O–H groups in total. The van der Waals surface area contributed by atoms with Gasteiger partial charge in [-0.2, -0.15) is 5.26 Å². The SMILES string of the molecule is N#Cc1ccccc1-c1ccc(C(=O)NCC2CCCC(CCC(=O)CN)C2)c(CCCCc2cccc(F)c2)c1. The van der Waals surface area contributed by atoms with Gasteiger partial charge in [0.2, 0.25) is 0 Å². The number of amides is 1. The maximum absolute atomic E-state index is 13.6. The Balaban J connectivity index is 1.43. The number of aryl methyl sites for hydroxylation is 2.